The fraction of sp³-hybridized carbons (Fsp3) is 0.308. The summed E-state index contributed by atoms with van der Waals surface area (Å²) in [5.41, 5.74) is 5.69. The Labute approximate surface area is 99.8 Å². The number of hydrogen-bond donors (Lipinski definition) is 2. The Morgan fingerprint density at radius 3 is 2.88 bits per heavy atom. The van der Waals surface area contributed by atoms with Crippen molar-refractivity contribution in [3.8, 4) is 5.75 Å². The number of rotatable bonds is 3. The van der Waals surface area contributed by atoms with Crippen LogP contribution < -0.4 is 16.0 Å². The van der Waals surface area contributed by atoms with E-state index in [1.165, 1.54) is 12.8 Å². The first-order valence-electron chi connectivity index (χ1n) is 5.77. The molecule has 3 N–H and O–H groups in total. The van der Waals surface area contributed by atoms with E-state index in [0.29, 0.717) is 5.92 Å². The van der Waals surface area contributed by atoms with Gasteiger partial charge in [-0.15, -0.1) is 0 Å². The molecule has 0 aliphatic heterocycles. The van der Waals surface area contributed by atoms with Crippen LogP contribution in [0.2, 0.25) is 0 Å². The third-order valence-corrected chi connectivity index (χ3v) is 3.19. The third-order valence-electron chi connectivity index (χ3n) is 3.19. The lowest BCUT2D eigenvalue weighted by atomic mass is 10.1. The summed E-state index contributed by atoms with van der Waals surface area (Å²) in [5.74, 6) is 6.96. The number of hydrazine groups is 1. The molecule has 1 fully saturated rings. The molecule has 1 aromatic carbocycles. The van der Waals surface area contributed by atoms with E-state index in [-0.39, 0.29) is 0 Å². The number of ether oxygens (including phenoxy) is 1. The highest BCUT2D eigenvalue weighted by molar-refractivity contribution is 5.88. The Hall–Kier alpha value is -1.81. The van der Waals surface area contributed by atoms with Crippen molar-refractivity contribution in [1.82, 2.24) is 4.98 Å². The maximum absolute atomic E-state index is 5.57. The summed E-state index contributed by atoms with van der Waals surface area (Å²) in [6.45, 7) is 0. The van der Waals surface area contributed by atoms with Gasteiger partial charge in [-0.3, -0.25) is 10.8 Å². The number of anilines is 1. The van der Waals surface area contributed by atoms with E-state index in [1.807, 2.05) is 24.3 Å². The van der Waals surface area contributed by atoms with Crippen molar-refractivity contribution in [3.63, 3.8) is 0 Å². The van der Waals surface area contributed by atoms with Crippen LogP contribution in [0.15, 0.2) is 24.3 Å². The molecule has 0 amide bonds. The molecule has 0 spiro atoms. The first kappa shape index (κ1) is 10.4. The fourth-order valence-electron chi connectivity index (χ4n) is 2.14. The Balaban J connectivity index is 2.24. The molecule has 3 rings (SSSR count). The van der Waals surface area contributed by atoms with E-state index < -0.39 is 0 Å². The summed E-state index contributed by atoms with van der Waals surface area (Å²) in [6.07, 6.45) is 2.41. The minimum atomic E-state index is 0.566. The predicted octanol–water partition coefficient (Wildman–Crippen LogP) is 2.41. The number of nitrogens with zero attached hydrogens (tertiary/aromatic N) is 1. The summed E-state index contributed by atoms with van der Waals surface area (Å²) in [6, 6.07) is 7.92. The monoisotopic (exact) mass is 229 g/mol. The first-order chi connectivity index (χ1) is 8.33. The molecule has 0 saturated heterocycles. The van der Waals surface area contributed by atoms with Crippen molar-refractivity contribution in [2.24, 2.45) is 5.84 Å². The molecule has 1 saturated carbocycles. The summed E-state index contributed by atoms with van der Waals surface area (Å²) in [4.78, 5) is 4.69. The first-order valence-corrected chi connectivity index (χ1v) is 5.77. The zero-order valence-corrected chi connectivity index (χ0v) is 9.73. The zero-order valence-electron chi connectivity index (χ0n) is 9.73. The zero-order chi connectivity index (χ0) is 11.8. The molecule has 0 unspecified atom stereocenters. The van der Waals surface area contributed by atoms with Gasteiger partial charge in [0.15, 0.2) is 0 Å². The van der Waals surface area contributed by atoms with Crippen LogP contribution in [0.25, 0.3) is 10.9 Å². The number of pyridine rings is 1. The van der Waals surface area contributed by atoms with Crippen molar-refractivity contribution in [1.29, 1.82) is 0 Å². The van der Waals surface area contributed by atoms with Gasteiger partial charge in [-0.1, -0.05) is 6.07 Å². The molecule has 4 nitrogen and oxygen atoms in total. The van der Waals surface area contributed by atoms with Gasteiger partial charge in [-0.05, 0) is 31.0 Å². The topological polar surface area (TPSA) is 60.2 Å². The number of nitrogen functional groups attached to an aromatic ring is 1. The van der Waals surface area contributed by atoms with Gasteiger partial charge in [-0.25, -0.2) is 0 Å². The van der Waals surface area contributed by atoms with E-state index >= 15 is 0 Å². The largest absolute Gasteiger partial charge is 0.496 e. The maximum Gasteiger partial charge on any atom is 0.128 e. The molecule has 1 aliphatic rings. The molecular weight excluding hydrogens is 214 g/mol. The second kappa shape index (κ2) is 3.89. The highest BCUT2D eigenvalue weighted by atomic mass is 16.5. The van der Waals surface area contributed by atoms with Gasteiger partial charge in [0.25, 0.3) is 0 Å². The lowest BCUT2D eigenvalue weighted by molar-refractivity contribution is 0.420. The quantitative estimate of drug-likeness (QED) is 0.626. The lowest BCUT2D eigenvalue weighted by Gasteiger charge is -2.11. The molecule has 2 aromatic rings. The van der Waals surface area contributed by atoms with Crippen molar-refractivity contribution < 1.29 is 4.74 Å². The van der Waals surface area contributed by atoms with Gasteiger partial charge < -0.3 is 10.2 Å². The average Bonchev–Trinajstić information content (AvgIpc) is 3.20. The SMILES string of the molecule is COc1cccc2nc(C3CC3)c(NN)cc12. The Morgan fingerprint density at radius 1 is 1.41 bits per heavy atom. The predicted molar refractivity (Wildman–Crippen MR) is 68.1 cm³/mol. The smallest absolute Gasteiger partial charge is 0.128 e. The van der Waals surface area contributed by atoms with Crippen LogP contribution in [0, 0.1) is 0 Å². The maximum atomic E-state index is 5.57. The number of nitrogens with two attached hydrogens (primary N) is 1. The highest BCUT2D eigenvalue weighted by Gasteiger charge is 2.28. The summed E-state index contributed by atoms with van der Waals surface area (Å²) < 4.78 is 5.33. The molecule has 1 heterocycles. The van der Waals surface area contributed by atoms with Crippen LogP contribution in [-0.2, 0) is 0 Å². The molecule has 1 aliphatic carbocycles. The van der Waals surface area contributed by atoms with Crippen LogP contribution in [0.5, 0.6) is 5.75 Å². The van der Waals surface area contributed by atoms with Crippen LogP contribution in [0.3, 0.4) is 0 Å². The molecular formula is C13H15N3O. The van der Waals surface area contributed by atoms with E-state index in [4.69, 9.17) is 15.6 Å². The summed E-state index contributed by atoms with van der Waals surface area (Å²) >= 11 is 0. The van der Waals surface area contributed by atoms with Gasteiger partial charge in [-0.2, -0.15) is 0 Å². The summed E-state index contributed by atoms with van der Waals surface area (Å²) in [5, 5.41) is 0.993. The fourth-order valence-corrected chi connectivity index (χ4v) is 2.14. The van der Waals surface area contributed by atoms with E-state index in [2.05, 4.69) is 5.43 Å². The van der Waals surface area contributed by atoms with Crippen molar-refractivity contribution in [2.75, 3.05) is 12.5 Å². The van der Waals surface area contributed by atoms with E-state index in [9.17, 15) is 0 Å². The van der Waals surface area contributed by atoms with Gasteiger partial charge in [0, 0.05) is 11.3 Å². The number of nitrogens with one attached hydrogen (secondary N) is 1. The molecule has 0 radical (unpaired) electrons. The number of benzene rings is 1. The van der Waals surface area contributed by atoms with Gasteiger partial charge in [0.1, 0.15) is 5.75 Å². The highest BCUT2D eigenvalue weighted by Crippen LogP contribution is 2.43. The minimum absolute atomic E-state index is 0.566. The molecule has 4 heteroatoms. The van der Waals surface area contributed by atoms with Gasteiger partial charge in [0.2, 0.25) is 0 Å². The van der Waals surface area contributed by atoms with E-state index in [1.54, 1.807) is 7.11 Å². The van der Waals surface area contributed by atoms with Crippen LogP contribution in [0.4, 0.5) is 5.69 Å². The number of aromatic nitrogens is 1. The van der Waals surface area contributed by atoms with Gasteiger partial charge in [0.05, 0.1) is 24.0 Å². The Morgan fingerprint density at radius 2 is 2.24 bits per heavy atom. The van der Waals surface area contributed by atoms with Crippen molar-refractivity contribution >= 4 is 16.6 Å². The summed E-state index contributed by atoms with van der Waals surface area (Å²) in [7, 11) is 1.67. The van der Waals surface area contributed by atoms with Crippen molar-refractivity contribution in [3.05, 3.63) is 30.0 Å². The Bertz CT molecular complexity index is 564. The normalized spacial score (nSPS) is 14.9. The lowest BCUT2D eigenvalue weighted by Crippen LogP contribution is -2.10. The van der Waals surface area contributed by atoms with Crippen LogP contribution in [-0.4, -0.2) is 12.1 Å². The molecule has 17 heavy (non-hydrogen) atoms. The Kier molecular flexibility index (Phi) is 2.37. The second-order valence-corrected chi connectivity index (χ2v) is 4.37. The molecule has 0 atom stereocenters. The van der Waals surface area contributed by atoms with Crippen LogP contribution >= 0.6 is 0 Å². The van der Waals surface area contributed by atoms with Crippen LogP contribution in [0.1, 0.15) is 24.5 Å². The standard InChI is InChI=1S/C13H15N3O/c1-17-12-4-2-3-10-9(12)7-11(16-14)13(15-10)8-5-6-8/h2-4,7-8,16H,5-6,14H2,1H3. The molecule has 88 valence electrons. The minimum Gasteiger partial charge on any atom is -0.496 e. The number of hydrogen-bond acceptors (Lipinski definition) is 4. The number of fused-ring (bicyclic) bond motifs is 1. The molecule has 1 aromatic heterocycles. The second-order valence-electron chi connectivity index (χ2n) is 4.37. The number of methoxy groups -OCH3 is 1. The average molecular weight is 229 g/mol. The molecule has 0 bridgehead atoms. The van der Waals surface area contributed by atoms with Gasteiger partial charge >= 0.3 is 0 Å². The van der Waals surface area contributed by atoms with E-state index in [0.717, 1.165) is 28.0 Å². The third kappa shape index (κ3) is 1.70. The van der Waals surface area contributed by atoms with Crippen molar-refractivity contribution in [2.45, 2.75) is 18.8 Å².